The van der Waals surface area contributed by atoms with Gasteiger partial charge in [-0.2, -0.15) is 0 Å². The number of hydrogen-bond donors (Lipinski definition) is 0. The van der Waals surface area contributed by atoms with Gasteiger partial charge < -0.3 is 4.57 Å². The largest absolute Gasteiger partial charge is 0.309 e. The first kappa shape index (κ1) is 14.0. The minimum Gasteiger partial charge on any atom is -0.309 e. The highest BCUT2D eigenvalue weighted by Crippen LogP contribution is 2.28. The molecule has 1 aromatic rings. The predicted octanol–water partition coefficient (Wildman–Crippen LogP) is 4.05. The van der Waals surface area contributed by atoms with Gasteiger partial charge in [-0.05, 0) is 26.7 Å². The summed E-state index contributed by atoms with van der Waals surface area (Å²) in [6.45, 7) is 6.69. The highest BCUT2D eigenvalue weighted by atomic mass is 79.9. The maximum atomic E-state index is 4.43. The Balaban J connectivity index is 2.19. The first-order valence-corrected chi connectivity index (χ1v) is 8.14. The van der Waals surface area contributed by atoms with Crippen molar-refractivity contribution in [2.24, 2.45) is 5.92 Å². The lowest BCUT2D eigenvalue weighted by atomic mass is 9.86. The molecule has 1 aromatic heterocycles. The second-order valence-electron chi connectivity index (χ2n) is 6.38. The molecule has 102 valence electrons. The van der Waals surface area contributed by atoms with Gasteiger partial charge in [0.15, 0.2) is 0 Å². The van der Waals surface area contributed by atoms with Gasteiger partial charge in [0.25, 0.3) is 0 Å². The number of aromatic nitrogens is 3. The van der Waals surface area contributed by atoms with Crippen LogP contribution in [-0.2, 0) is 17.3 Å². The van der Waals surface area contributed by atoms with E-state index >= 15 is 0 Å². The molecule has 0 radical (unpaired) electrons. The second-order valence-corrected chi connectivity index (χ2v) is 6.94. The van der Waals surface area contributed by atoms with Crippen molar-refractivity contribution in [2.45, 2.75) is 70.2 Å². The molecule has 0 bridgehead atoms. The van der Waals surface area contributed by atoms with Gasteiger partial charge in [0.2, 0.25) is 0 Å². The van der Waals surface area contributed by atoms with Crippen molar-refractivity contribution in [1.82, 2.24) is 14.8 Å². The molecule has 1 saturated carbocycles. The average Bonchev–Trinajstić information content (AvgIpc) is 2.73. The Morgan fingerprint density at radius 1 is 1.11 bits per heavy atom. The second kappa shape index (κ2) is 5.72. The topological polar surface area (TPSA) is 30.7 Å². The predicted molar refractivity (Wildman–Crippen MR) is 77.9 cm³/mol. The maximum absolute atomic E-state index is 4.43. The lowest BCUT2D eigenvalue weighted by Gasteiger charge is -2.27. The number of alkyl halides is 1. The van der Waals surface area contributed by atoms with Crippen LogP contribution in [0.4, 0.5) is 0 Å². The molecular formula is C14H24BrN3. The normalized spacial score (nSPS) is 18.2. The fourth-order valence-corrected chi connectivity index (χ4v) is 3.36. The summed E-state index contributed by atoms with van der Waals surface area (Å²) in [5.74, 6) is 3.03. The van der Waals surface area contributed by atoms with E-state index in [2.05, 4.69) is 51.5 Å². The maximum Gasteiger partial charge on any atom is 0.144 e. The summed E-state index contributed by atoms with van der Waals surface area (Å²) in [7, 11) is 0. The Morgan fingerprint density at radius 2 is 1.72 bits per heavy atom. The molecule has 0 aromatic carbocycles. The smallest absolute Gasteiger partial charge is 0.144 e. The van der Waals surface area contributed by atoms with Crippen LogP contribution < -0.4 is 0 Å². The summed E-state index contributed by atoms with van der Waals surface area (Å²) >= 11 is 3.52. The summed E-state index contributed by atoms with van der Waals surface area (Å²) in [5.41, 5.74) is 0.0661. The average molecular weight is 314 g/mol. The van der Waals surface area contributed by atoms with E-state index in [1.54, 1.807) is 0 Å². The van der Waals surface area contributed by atoms with Crippen molar-refractivity contribution in [3.63, 3.8) is 0 Å². The van der Waals surface area contributed by atoms with Gasteiger partial charge in [0.05, 0.1) is 5.33 Å². The van der Waals surface area contributed by atoms with E-state index in [1.807, 2.05) is 0 Å². The Bertz CT molecular complexity index is 386. The summed E-state index contributed by atoms with van der Waals surface area (Å²) in [6, 6.07) is 0. The van der Waals surface area contributed by atoms with Crippen LogP contribution >= 0.6 is 15.9 Å². The molecule has 1 aliphatic rings. The summed E-state index contributed by atoms with van der Waals surface area (Å²) in [5, 5.41) is 9.54. The zero-order valence-electron chi connectivity index (χ0n) is 11.7. The fraction of sp³-hybridized carbons (Fsp3) is 0.857. The summed E-state index contributed by atoms with van der Waals surface area (Å²) in [6.07, 6.45) is 8.01. The minimum absolute atomic E-state index is 0.0661. The lowest BCUT2D eigenvalue weighted by Crippen LogP contribution is -2.27. The van der Waals surface area contributed by atoms with Crippen molar-refractivity contribution >= 4 is 15.9 Å². The highest BCUT2D eigenvalue weighted by Gasteiger charge is 2.24. The van der Waals surface area contributed by atoms with Gasteiger partial charge in [-0.3, -0.25) is 0 Å². The molecule has 1 heterocycles. The number of rotatable bonds is 3. The van der Waals surface area contributed by atoms with Crippen LogP contribution in [0.3, 0.4) is 0 Å². The van der Waals surface area contributed by atoms with Crippen molar-refractivity contribution < 1.29 is 0 Å². The standard InChI is InChI=1S/C14H24BrN3/c1-14(2,3)18-12(16-17-13(18)10-15)9-11-7-5-4-6-8-11/h11H,4-10H2,1-3H3. The molecule has 18 heavy (non-hydrogen) atoms. The molecule has 0 unspecified atom stereocenters. The van der Waals surface area contributed by atoms with Crippen LogP contribution in [0.2, 0.25) is 0 Å². The van der Waals surface area contributed by atoms with Gasteiger partial charge in [-0.1, -0.05) is 48.0 Å². The van der Waals surface area contributed by atoms with Crippen LogP contribution in [0, 0.1) is 5.92 Å². The van der Waals surface area contributed by atoms with Crippen molar-refractivity contribution in [3.05, 3.63) is 11.6 Å². The van der Waals surface area contributed by atoms with Gasteiger partial charge in [-0.15, -0.1) is 10.2 Å². The van der Waals surface area contributed by atoms with E-state index in [4.69, 9.17) is 0 Å². The lowest BCUT2D eigenvalue weighted by molar-refractivity contribution is 0.324. The third kappa shape index (κ3) is 3.14. The van der Waals surface area contributed by atoms with E-state index in [1.165, 1.54) is 37.9 Å². The van der Waals surface area contributed by atoms with E-state index in [-0.39, 0.29) is 5.54 Å². The summed E-state index contributed by atoms with van der Waals surface area (Å²) < 4.78 is 2.32. The van der Waals surface area contributed by atoms with E-state index in [0.29, 0.717) is 0 Å². The van der Waals surface area contributed by atoms with Crippen LogP contribution in [0.25, 0.3) is 0 Å². The molecular weight excluding hydrogens is 290 g/mol. The number of halogens is 1. The van der Waals surface area contributed by atoms with E-state index < -0.39 is 0 Å². The van der Waals surface area contributed by atoms with Gasteiger partial charge >= 0.3 is 0 Å². The first-order valence-electron chi connectivity index (χ1n) is 7.02. The van der Waals surface area contributed by atoms with Crippen molar-refractivity contribution in [1.29, 1.82) is 0 Å². The van der Waals surface area contributed by atoms with E-state index in [0.717, 1.165) is 23.5 Å². The Morgan fingerprint density at radius 3 is 2.28 bits per heavy atom. The molecule has 1 aliphatic carbocycles. The van der Waals surface area contributed by atoms with Gasteiger partial charge in [0.1, 0.15) is 11.6 Å². The van der Waals surface area contributed by atoms with Crippen LogP contribution in [0.15, 0.2) is 0 Å². The zero-order valence-corrected chi connectivity index (χ0v) is 13.3. The highest BCUT2D eigenvalue weighted by molar-refractivity contribution is 9.08. The first-order chi connectivity index (χ1) is 8.52. The zero-order chi connectivity index (χ0) is 13.2. The molecule has 0 atom stereocenters. The number of nitrogens with zero attached hydrogens (tertiary/aromatic N) is 3. The molecule has 0 aliphatic heterocycles. The van der Waals surface area contributed by atoms with Crippen LogP contribution in [0.1, 0.15) is 64.5 Å². The SMILES string of the molecule is CC(C)(C)n1c(CBr)nnc1CC1CCCCC1. The molecule has 1 fully saturated rings. The molecule has 0 amide bonds. The molecule has 0 saturated heterocycles. The van der Waals surface area contributed by atoms with Crippen molar-refractivity contribution in [2.75, 3.05) is 0 Å². The molecule has 2 rings (SSSR count). The van der Waals surface area contributed by atoms with E-state index in [9.17, 15) is 0 Å². The summed E-state index contributed by atoms with van der Waals surface area (Å²) in [4.78, 5) is 0. The van der Waals surface area contributed by atoms with Crippen molar-refractivity contribution in [3.8, 4) is 0 Å². The minimum atomic E-state index is 0.0661. The molecule has 0 N–H and O–H groups in total. The Hall–Kier alpha value is -0.380. The van der Waals surface area contributed by atoms with Crippen LogP contribution in [0.5, 0.6) is 0 Å². The third-order valence-corrected chi connectivity index (χ3v) is 4.28. The molecule has 0 spiro atoms. The molecule has 4 heteroatoms. The monoisotopic (exact) mass is 313 g/mol. The Labute approximate surface area is 118 Å². The molecule has 3 nitrogen and oxygen atoms in total. The number of hydrogen-bond acceptors (Lipinski definition) is 2. The van der Waals surface area contributed by atoms with Gasteiger partial charge in [-0.25, -0.2) is 0 Å². The van der Waals surface area contributed by atoms with Gasteiger partial charge in [0, 0.05) is 12.0 Å². The Kier molecular flexibility index (Phi) is 4.46. The fourth-order valence-electron chi connectivity index (χ4n) is 3.00. The third-order valence-electron chi connectivity index (χ3n) is 3.78. The quantitative estimate of drug-likeness (QED) is 0.788. The van der Waals surface area contributed by atoms with Crippen LogP contribution in [-0.4, -0.2) is 14.8 Å².